The van der Waals surface area contributed by atoms with Crippen LogP contribution in [0, 0.1) is 0 Å². The van der Waals surface area contributed by atoms with Crippen molar-refractivity contribution in [3.05, 3.63) is 35.9 Å². The van der Waals surface area contributed by atoms with Crippen molar-refractivity contribution in [1.29, 1.82) is 0 Å². The van der Waals surface area contributed by atoms with E-state index in [1.54, 1.807) is 18.2 Å². The molecule has 0 radical (unpaired) electrons. The predicted octanol–water partition coefficient (Wildman–Crippen LogP) is 2.44. The maximum absolute atomic E-state index is 10.9. The molecule has 1 aromatic carbocycles. The maximum atomic E-state index is 10.9. The van der Waals surface area contributed by atoms with Gasteiger partial charge in [-0.05, 0) is 12.1 Å². The van der Waals surface area contributed by atoms with E-state index >= 15 is 0 Å². The first-order chi connectivity index (χ1) is 6.67. The molecule has 14 heavy (non-hydrogen) atoms. The van der Waals surface area contributed by atoms with Gasteiger partial charge >= 0.3 is 5.97 Å². The SMILES string of the molecule is C=CC(=O)Oc1ccc(OC)cc1Cl. The zero-order valence-electron chi connectivity index (χ0n) is 7.62. The summed E-state index contributed by atoms with van der Waals surface area (Å²) in [6.07, 6.45) is 1.07. The van der Waals surface area contributed by atoms with E-state index < -0.39 is 5.97 Å². The van der Waals surface area contributed by atoms with Crippen LogP contribution in [0.15, 0.2) is 30.9 Å². The van der Waals surface area contributed by atoms with Crippen molar-refractivity contribution in [1.82, 2.24) is 0 Å². The number of ether oxygens (including phenoxy) is 2. The van der Waals surface area contributed by atoms with E-state index in [-0.39, 0.29) is 5.75 Å². The van der Waals surface area contributed by atoms with Crippen LogP contribution < -0.4 is 9.47 Å². The first kappa shape index (κ1) is 10.6. The molecule has 0 aliphatic rings. The average Bonchev–Trinajstić information content (AvgIpc) is 2.20. The Morgan fingerprint density at radius 2 is 2.29 bits per heavy atom. The van der Waals surface area contributed by atoms with E-state index in [0.717, 1.165) is 6.08 Å². The lowest BCUT2D eigenvalue weighted by molar-refractivity contribution is -0.128. The minimum absolute atomic E-state index is 0.289. The summed E-state index contributed by atoms with van der Waals surface area (Å²) in [6, 6.07) is 4.77. The van der Waals surface area contributed by atoms with Crippen molar-refractivity contribution >= 4 is 17.6 Å². The van der Waals surface area contributed by atoms with Gasteiger partial charge in [0.2, 0.25) is 0 Å². The highest BCUT2D eigenvalue weighted by molar-refractivity contribution is 6.32. The van der Waals surface area contributed by atoms with Crippen molar-refractivity contribution in [2.45, 2.75) is 0 Å². The second kappa shape index (κ2) is 4.67. The number of halogens is 1. The number of esters is 1. The summed E-state index contributed by atoms with van der Waals surface area (Å²) in [5, 5.41) is 0.319. The molecule has 0 N–H and O–H groups in total. The Bertz CT molecular complexity index is 360. The molecule has 0 aromatic heterocycles. The lowest BCUT2D eigenvalue weighted by Gasteiger charge is -2.05. The topological polar surface area (TPSA) is 35.5 Å². The molecule has 3 nitrogen and oxygen atoms in total. The Hall–Kier alpha value is -1.48. The van der Waals surface area contributed by atoms with E-state index in [9.17, 15) is 4.79 Å². The fourth-order valence-corrected chi connectivity index (χ4v) is 1.05. The van der Waals surface area contributed by atoms with E-state index in [1.165, 1.54) is 7.11 Å². The second-order valence-electron chi connectivity index (χ2n) is 2.42. The molecule has 0 amide bonds. The Kier molecular flexibility index (Phi) is 3.54. The molecule has 0 aliphatic heterocycles. The molecular weight excluding hydrogens is 204 g/mol. The largest absolute Gasteiger partial charge is 0.497 e. The van der Waals surface area contributed by atoms with Crippen LogP contribution in [0.4, 0.5) is 0 Å². The fourth-order valence-electron chi connectivity index (χ4n) is 0.841. The smallest absolute Gasteiger partial charge is 0.335 e. The van der Waals surface area contributed by atoms with Gasteiger partial charge in [-0.2, -0.15) is 0 Å². The van der Waals surface area contributed by atoms with E-state index in [2.05, 4.69) is 6.58 Å². The highest BCUT2D eigenvalue weighted by atomic mass is 35.5. The highest BCUT2D eigenvalue weighted by Gasteiger charge is 2.06. The molecular formula is C10H9ClO3. The lowest BCUT2D eigenvalue weighted by Crippen LogP contribution is -2.03. The molecule has 74 valence electrons. The molecule has 1 aromatic rings. The zero-order valence-corrected chi connectivity index (χ0v) is 8.38. The lowest BCUT2D eigenvalue weighted by atomic mass is 10.3. The molecule has 4 heteroatoms. The Labute approximate surface area is 86.9 Å². The molecule has 0 spiro atoms. The Balaban J connectivity index is 2.88. The Morgan fingerprint density at radius 1 is 1.57 bits per heavy atom. The van der Waals surface area contributed by atoms with Crippen LogP contribution in [-0.2, 0) is 4.79 Å². The van der Waals surface area contributed by atoms with Crippen LogP contribution in [0.2, 0.25) is 5.02 Å². The summed E-state index contributed by atoms with van der Waals surface area (Å²) in [5.74, 6) is 0.350. The van der Waals surface area contributed by atoms with Gasteiger partial charge in [0.15, 0.2) is 0 Å². The molecule has 0 atom stereocenters. The molecule has 0 fully saturated rings. The summed E-state index contributed by atoms with van der Waals surface area (Å²) in [6.45, 7) is 3.28. The van der Waals surface area contributed by atoms with Crippen molar-refractivity contribution in [2.75, 3.05) is 7.11 Å². The van der Waals surface area contributed by atoms with Crippen molar-refractivity contribution in [3.63, 3.8) is 0 Å². The van der Waals surface area contributed by atoms with Crippen LogP contribution in [0.1, 0.15) is 0 Å². The summed E-state index contributed by atoms with van der Waals surface area (Å²) >= 11 is 5.82. The first-order valence-electron chi connectivity index (χ1n) is 3.85. The number of benzene rings is 1. The van der Waals surface area contributed by atoms with E-state index in [0.29, 0.717) is 10.8 Å². The molecule has 0 aliphatic carbocycles. The minimum atomic E-state index is -0.544. The number of hydrogen-bond donors (Lipinski definition) is 0. The molecule has 0 saturated heterocycles. The molecule has 0 heterocycles. The second-order valence-corrected chi connectivity index (χ2v) is 2.83. The highest BCUT2D eigenvalue weighted by Crippen LogP contribution is 2.28. The fraction of sp³-hybridized carbons (Fsp3) is 0.100. The summed E-state index contributed by atoms with van der Waals surface area (Å²) < 4.78 is 9.79. The summed E-state index contributed by atoms with van der Waals surface area (Å²) in [4.78, 5) is 10.9. The van der Waals surface area contributed by atoms with Gasteiger partial charge in [-0.25, -0.2) is 4.79 Å². The van der Waals surface area contributed by atoms with Crippen LogP contribution in [0.3, 0.4) is 0 Å². The van der Waals surface area contributed by atoms with Gasteiger partial charge in [-0.15, -0.1) is 0 Å². The van der Waals surface area contributed by atoms with Gasteiger partial charge in [-0.1, -0.05) is 18.2 Å². The standard InChI is InChI=1S/C10H9ClO3/c1-3-10(12)14-9-5-4-7(13-2)6-8(9)11/h3-6H,1H2,2H3. The Morgan fingerprint density at radius 3 is 2.79 bits per heavy atom. The average molecular weight is 213 g/mol. The number of methoxy groups -OCH3 is 1. The third kappa shape index (κ3) is 2.50. The minimum Gasteiger partial charge on any atom is -0.497 e. The maximum Gasteiger partial charge on any atom is 0.335 e. The van der Waals surface area contributed by atoms with Gasteiger partial charge in [0, 0.05) is 12.1 Å². The van der Waals surface area contributed by atoms with Crippen LogP contribution in [-0.4, -0.2) is 13.1 Å². The van der Waals surface area contributed by atoms with E-state index in [1.807, 2.05) is 0 Å². The van der Waals surface area contributed by atoms with Gasteiger partial charge in [0.05, 0.1) is 12.1 Å². The number of hydrogen-bond acceptors (Lipinski definition) is 3. The molecule has 0 bridgehead atoms. The zero-order chi connectivity index (χ0) is 10.6. The van der Waals surface area contributed by atoms with Gasteiger partial charge in [0.1, 0.15) is 11.5 Å². The molecule has 1 rings (SSSR count). The van der Waals surface area contributed by atoms with Crippen molar-refractivity contribution in [3.8, 4) is 11.5 Å². The summed E-state index contributed by atoms with van der Waals surface area (Å²) in [7, 11) is 1.53. The van der Waals surface area contributed by atoms with Crippen LogP contribution in [0.5, 0.6) is 11.5 Å². The third-order valence-electron chi connectivity index (χ3n) is 1.52. The van der Waals surface area contributed by atoms with Crippen molar-refractivity contribution < 1.29 is 14.3 Å². The number of carbonyl (C=O) groups is 1. The van der Waals surface area contributed by atoms with Gasteiger partial charge in [-0.3, -0.25) is 0 Å². The summed E-state index contributed by atoms with van der Waals surface area (Å²) in [5.41, 5.74) is 0. The normalized spacial score (nSPS) is 9.29. The third-order valence-corrected chi connectivity index (χ3v) is 1.81. The van der Waals surface area contributed by atoms with Gasteiger partial charge < -0.3 is 9.47 Å². The van der Waals surface area contributed by atoms with Crippen molar-refractivity contribution in [2.24, 2.45) is 0 Å². The molecule has 0 saturated carbocycles. The van der Waals surface area contributed by atoms with Crippen LogP contribution in [0.25, 0.3) is 0 Å². The van der Waals surface area contributed by atoms with Crippen LogP contribution >= 0.6 is 11.6 Å². The monoisotopic (exact) mass is 212 g/mol. The predicted molar refractivity (Wildman–Crippen MR) is 53.8 cm³/mol. The number of carbonyl (C=O) groups excluding carboxylic acids is 1. The first-order valence-corrected chi connectivity index (χ1v) is 4.23. The van der Waals surface area contributed by atoms with Gasteiger partial charge in [0.25, 0.3) is 0 Å². The van der Waals surface area contributed by atoms with E-state index in [4.69, 9.17) is 21.1 Å². The number of rotatable bonds is 3. The molecule has 0 unspecified atom stereocenters. The quantitative estimate of drug-likeness (QED) is 0.439.